The number of likely N-dealkylation sites (tertiary alicyclic amines) is 1. The van der Waals surface area contributed by atoms with Crippen LogP contribution in [0.5, 0.6) is 0 Å². The zero-order valence-electron chi connectivity index (χ0n) is 15.9. The van der Waals surface area contributed by atoms with Crippen LogP contribution in [0.15, 0.2) is 24.3 Å². The quantitative estimate of drug-likeness (QED) is 0.753. The molecule has 0 aromatic heterocycles. The molecule has 28 heavy (non-hydrogen) atoms. The average molecular weight is 408 g/mol. The van der Waals surface area contributed by atoms with Gasteiger partial charge in [0.05, 0.1) is 0 Å². The predicted molar refractivity (Wildman–Crippen MR) is 106 cm³/mol. The maximum atomic E-state index is 13.6. The van der Waals surface area contributed by atoms with Gasteiger partial charge in [0.2, 0.25) is 11.8 Å². The van der Waals surface area contributed by atoms with Crippen molar-refractivity contribution in [3.63, 3.8) is 0 Å². The van der Waals surface area contributed by atoms with Crippen LogP contribution in [-0.2, 0) is 16.0 Å². The molecule has 0 unspecified atom stereocenters. The van der Waals surface area contributed by atoms with Crippen molar-refractivity contribution < 1.29 is 18.8 Å². The molecular formula is C20H26FN3O3S. The fourth-order valence-corrected chi connectivity index (χ4v) is 4.43. The van der Waals surface area contributed by atoms with Gasteiger partial charge in [0, 0.05) is 50.8 Å². The first-order valence-electron chi connectivity index (χ1n) is 9.75. The first kappa shape index (κ1) is 20.6. The highest BCUT2D eigenvalue weighted by molar-refractivity contribution is 8.13. The third-order valence-electron chi connectivity index (χ3n) is 5.31. The molecule has 2 aliphatic rings. The fraction of sp³-hybridized carbons (Fsp3) is 0.550. The second-order valence-corrected chi connectivity index (χ2v) is 8.19. The van der Waals surface area contributed by atoms with Crippen LogP contribution in [0.1, 0.15) is 24.8 Å². The van der Waals surface area contributed by atoms with E-state index < -0.39 is 0 Å². The van der Waals surface area contributed by atoms with E-state index >= 15 is 0 Å². The topological polar surface area (TPSA) is 69.7 Å². The Bertz CT molecular complexity index is 722. The molecule has 1 aromatic carbocycles. The maximum Gasteiger partial charge on any atom is 0.281 e. The van der Waals surface area contributed by atoms with E-state index in [-0.39, 0.29) is 28.8 Å². The average Bonchev–Trinajstić information content (AvgIpc) is 3.12. The molecule has 0 bridgehead atoms. The molecule has 2 aliphatic heterocycles. The lowest BCUT2D eigenvalue weighted by Crippen LogP contribution is -2.44. The Labute approximate surface area is 168 Å². The van der Waals surface area contributed by atoms with Gasteiger partial charge in [-0.05, 0) is 30.9 Å². The SMILES string of the molecule is O=C(NCCc1ccccc1F)C1CCN(C(=O)CCN2CCSC2=O)CC1. The van der Waals surface area contributed by atoms with Crippen LogP contribution in [0.2, 0.25) is 0 Å². The van der Waals surface area contributed by atoms with Crippen LogP contribution < -0.4 is 5.32 Å². The minimum atomic E-state index is -0.252. The standard InChI is InChI=1S/C20H26FN3O3S/c21-17-4-2-1-3-15(17)5-9-22-19(26)16-6-10-23(11-7-16)18(25)8-12-24-13-14-28-20(24)27/h1-4,16H,5-14H2,(H,22,26). The van der Waals surface area contributed by atoms with Gasteiger partial charge in [-0.25, -0.2) is 4.39 Å². The molecule has 2 fully saturated rings. The minimum Gasteiger partial charge on any atom is -0.356 e. The fourth-order valence-electron chi connectivity index (χ4n) is 3.57. The highest BCUT2D eigenvalue weighted by atomic mass is 32.2. The van der Waals surface area contributed by atoms with Gasteiger partial charge in [0.15, 0.2) is 0 Å². The molecule has 2 saturated heterocycles. The van der Waals surface area contributed by atoms with E-state index in [4.69, 9.17) is 0 Å². The van der Waals surface area contributed by atoms with Crippen LogP contribution in [0.3, 0.4) is 0 Å². The van der Waals surface area contributed by atoms with Gasteiger partial charge < -0.3 is 15.1 Å². The zero-order valence-corrected chi connectivity index (χ0v) is 16.7. The third-order valence-corrected chi connectivity index (χ3v) is 6.20. The smallest absolute Gasteiger partial charge is 0.281 e. The number of amides is 3. The molecule has 0 atom stereocenters. The van der Waals surface area contributed by atoms with Crippen molar-refractivity contribution in [2.24, 2.45) is 5.92 Å². The number of carbonyl (C=O) groups excluding carboxylic acids is 3. The lowest BCUT2D eigenvalue weighted by Gasteiger charge is -2.31. The molecular weight excluding hydrogens is 381 g/mol. The van der Waals surface area contributed by atoms with Crippen molar-refractivity contribution in [2.45, 2.75) is 25.7 Å². The number of nitrogens with one attached hydrogen (secondary N) is 1. The first-order chi connectivity index (χ1) is 13.5. The van der Waals surface area contributed by atoms with Gasteiger partial charge in [-0.15, -0.1) is 0 Å². The summed E-state index contributed by atoms with van der Waals surface area (Å²) in [6.07, 6.45) is 2.07. The molecule has 1 N–H and O–H groups in total. The molecule has 1 aromatic rings. The Morgan fingerprint density at radius 1 is 1.18 bits per heavy atom. The lowest BCUT2D eigenvalue weighted by molar-refractivity contribution is -0.135. The Morgan fingerprint density at radius 3 is 2.61 bits per heavy atom. The molecule has 3 rings (SSSR count). The summed E-state index contributed by atoms with van der Waals surface area (Å²) in [6.45, 7) is 2.72. The monoisotopic (exact) mass is 407 g/mol. The van der Waals surface area contributed by atoms with E-state index in [2.05, 4.69) is 5.32 Å². The summed E-state index contributed by atoms with van der Waals surface area (Å²) in [5.74, 6) is 0.454. The van der Waals surface area contributed by atoms with Gasteiger partial charge in [-0.3, -0.25) is 14.4 Å². The number of nitrogens with zero attached hydrogens (tertiary/aromatic N) is 2. The van der Waals surface area contributed by atoms with E-state index in [1.165, 1.54) is 17.8 Å². The Hall–Kier alpha value is -2.09. The summed E-state index contributed by atoms with van der Waals surface area (Å²) in [5, 5.41) is 2.94. The lowest BCUT2D eigenvalue weighted by atomic mass is 9.95. The number of benzene rings is 1. The maximum absolute atomic E-state index is 13.6. The van der Waals surface area contributed by atoms with Crippen LogP contribution in [0.25, 0.3) is 0 Å². The molecule has 0 aliphatic carbocycles. The molecule has 3 amide bonds. The number of thioether (sulfide) groups is 1. The van der Waals surface area contributed by atoms with Gasteiger partial charge >= 0.3 is 0 Å². The van der Waals surface area contributed by atoms with Crippen LogP contribution >= 0.6 is 11.8 Å². The number of halogens is 1. The summed E-state index contributed by atoms with van der Waals surface area (Å²) in [7, 11) is 0. The highest BCUT2D eigenvalue weighted by Crippen LogP contribution is 2.20. The summed E-state index contributed by atoms with van der Waals surface area (Å²) in [5.41, 5.74) is 0.595. The summed E-state index contributed by atoms with van der Waals surface area (Å²) >= 11 is 1.30. The summed E-state index contributed by atoms with van der Waals surface area (Å²) in [6, 6.07) is 6.57. The third kappa shape index (κ3) is 5.47. The highest BCUT2D eigenvalue weighted by Gasteiger charge is 2.28. The van der Waals surface area contributed by atoms with E-state index in [1.807, 2.05) is 0 Å². The largest absolute Gasteiger partial charge is 0.356 e. The normalized spacial score (nSPS) is 17.8. The first-order valence-corrected chi connectivity index (χ1v) is 10.7. The molecule has 6 nitrogen and oxygen atoms in total. The molecule has 0 spiro atoms. The van der Waals surface area contributed by atoms with Crippen LogP contribution in [0, 0.1) is 11.7 Å². The van der Waals surface area contributed by atoms with E-state index in [1.54, 1.807) is 28.0 Å². The minimum absolute atomic E-state index is 0.0249. The number of hydrogen-bond acceptors (Lipinski definition) is 4. The number of rotatable bonds is 7. The van der Waals surface area contributed by atoms with Crippen molar-refractivity contribution in [2.75, 3.05) is 38.5 Å². The van der Waals surface area contributed by atoms with Crippen molar-refractivity contribution in [3.05, 3.63) is 35.6 Å². The van der Waals surface area contributed by atoms with E-state index in [0.29, 0.717) is 64.0 Å². The predicted octanol–water partition coefficient (Wildman–Crippen LogP) is 2.28. The second-order valence-electron chi connectivity index (χ2n) is 7.14. The van der Waals surface area contributed by atoms with Gasteiger partial charge in [0.25, 0.3) is 5.24 Å². The Morgan fingerprint density at radius 2 is 1.93 bits per heavy atom. The zero-order chi connectivity index (χ0) is 19.9. The van der Waals surface area contributed by atoms with Gasteiger partial charge in [-0.2, -0.15) is 0 Å². The summed E-state index contributed by atoms with van der Waals surface area (Å²) in [4.78, 5) is 39.8. The van der Waals surface area contributed by atoms with Crippen molar-refractivity contribution in [1.82, 2.24) is 15.1 Å². The van der Waals surface area contributed by atoms with Gasteiger partial charge in [0.1, 0.15) is 5.82 Å². The number of piperidine rings is 1. The molecule has 2 heterocycles. The number of hydrogen-bond donors (Lipinski definition) is 1. The molecule has 8 heteroatoms. The molecule has 0 saturated carbocycles. The number of carbonyl (C=O) groups is 3. The Kier molecular flexibility index (Phi) is 7.30. The summed E-state index contributed by atoms with van der Waals surface area (Å²) < 4.78 is 13.6. The van der Waals surface area contributed by atoms with Crippen LogP contribution in [-0.4, -0.2) is 65.3 Å². The second kappa shape index (κ2) is 9.91. The van der Waals surface area contributed by atoms with Gasteiger partial charge in [-0.1, -0.05) is 30.0 Å². The van der Waals surface area contributed by atoms with E-state index in [9.17, 15) is 18.8 Å². The van der Waals surface area contributed by atoms with Crippen molar-refractivity contribution >= 4 is 28.8 Å². The van der Waals surface area contributed by atoms with E-state index in [0.717, 1.165) is 5.75 Å². The van der Waals surface area contributed by atoms with Crippen LogP contribution in [0.4, 0.5) is 9.18 Å². The molecule has 0 radical (unpaired) electrons. The molecule has 152 valence electrons. The van der Waals surface area contributed by atoms with Crippen molar-refractivity contribution in [3.8, 4) is 0 Å². The Balaban J connectivity index is 1.34. The van der Waals surface area contributed by atoms with Crippen molar-refractivity contribution in [1.29, 1.82) is 0 Å².